The van der Waals surface area contributed by atoms with Crippen molar-refractivity contribution in [1.29, 1.82) is 0 Å². The van der Waals surface area contributed by atoms with Gasteiger partial charge in [0.15, 0.2) is 0 Å². The number of amides is 2. The van der Waals surface area contributed by atoms with Gasteiger partial charge in [-0.25, -0.2) is 0 Å². The molecule has 8 nitrogen and oxygen atoms in total. The molecule has 2 amide bonds. The van der Waals surface area contributed by atoms with Gasteiger partial charge in [-0.2, -0.15) is 0 Å². The molecule has 0 unspecified atom stereocenters. The molecule has 0 spiro atoms. The Kier molecular flexibility index (Phi) is 34.8. The van der Waals surface area contributed by atoms with Gasteiger partial charge < -0.3 is 30.2 Å². The second kappa shape index (κ2) is 26.9. The minimum atomic E-state index is -0.417. The van der Waals surface area contributed by atoms with E-state index in [9.17, 15) is 30.0 Å². The van der Waals surface area contributed by atoms with E-state index in [4.69, 9.17) is 0 Å². The normalized spacial score (nSPS) is 10.4. The molecule has 0 aliphatic rings. The van der Waals surface area contributed by atoms with Crippen LogP contribution in [0, 0.1) is 0 Å². The quantitative estimate of drug-likeness (QED) is 0.349. The predicted molar refractivity (Wildman–Crippen MR) is 114 cm³/mol. The fraction of sp³-hybridized carbons (Fsp3) is 0.727. The van der Waals surface area contributed by atoms with Crippen molar-refractivity contribution in [3.05, 3.63) is 23.7 Å². The standard InChI is InChI=1S/2C8H15NO2.2C3H7O.Zr/c2*1-4-9(5-2)8(11)6-7(3)10;2*1-3(2)4;/h2*6,10H,4-5H2,1-3H3;2*3H,1-2H3;/q;;2*-1;+4/p-2/b2*7-6-;;;. The van der Waals surface area contributed by atoms with E-state index in [0.717, 1.165) is 12.2 Å². The fourth-order valence-corrected chi connectivity index (χ4v) is 1.60. The zero-order valence-corrected chi connectivity index (χ0v) is 23.4. The topological polar surface area (TPSA) is 133 Å². The molecule has 0 N–H and O–H groups in total. The SMILES string of the molecule is CC(C)[O-].CC(C)[O-].CCN(CC)C(=O)/C=C(/C)[O-].CCN(CC)C(=O)/C=C(/C)[O-].[Zr+4]. The number of carbonyl (C=O) groups is 2. The van der Waals surface area contributed by atoms with Crippen molar-refractivity contribution in [2.24, 2.45) is 0 Å². The van der Waals surface area contributed by atoms with Crippen LogP contribution in [0.5, 0.6) is 0 Å². The zero-order valence-electron chi connectivity index (χ0n) is 21.0. The van der Waals surface area contributed by atoms with Crippen LogP contribution in [-0.4, -0.2) is 60.0 Å². The summed E-state index contributed by atoms with van der Waals surface area (Å²) in [5, 5.41) is 40.0. The van der Waals surface area contributed by atoms with Gasteiger partial charge in [-0.3, -0.25) is 9.59 Å². The van der Waals surface area contributed by atoms with Crippen molar-refractivity contribution in [2.75, 3.05) is 26.2 Å². The number of carbonyl (C=O) groups excluding carboxylic acids is 2. The maximum Gasteiger partial charge on any atom is 4.00 e. The molecule has 0 aromatic rings. The Morgan fingerprint density at radius 1 is 0.677 bits per heavy atom. The maximum atomic E-state index is 11.1. The Labute approximate surface area is 208 Å². The van der Waals surface area contributed by atoms with Gasteiger partial charge in [-0.1, -0.05) is 41.5 Å². The molecule has 0 fully saturated rings. The summed E-state index contributed by atoms with van der Waals surface area (Å²) in [5.74, 6) is -0.770. The van der Waals surface area contributed by atoms with E-state index >= 15 is 0 Å². The van der Waals surface area contributed by atoms with Gasteiger partial charge in [0.05, 0.1) is 0 Å². The second-order valence-corrected chi connectivity index (χ2v) is 6.63. The third-order valence-electron chi connectivity index (χ3n) is 2.80. The van der Waals surface area contributed by atoms with Gasteiger partial charge in [0.1, 0.15) is 0 Å². The number of allylic oxidation sites excluding steroid dienone is 2. The van der Waals surface area contributed by atoms with Crippen LogP contribution >= 0.6 is 0 Å². The predicted octanol–water partition coefficient (Wildman–Crippen LogP) is -0.254. The van der Waals surface area contributed by atoms with Crippen LogP contribution in [0.15, 0.2) is 23.7 Å². The molecule has 0 radical (unpaired) electrons. The van der Waals surface area contributed by atoms with E-state index in [1.165, 1.54) is 13.8 Å². The number of likely N-dealkylation sites (N-methyl/N-ethyl adjacent to an activating group) is 2. The zero-order chi connectivity index (χ0) is 24.9. The first-order valence-corrected chi connectivity index (χ1v) is 10.3. The van der Waals surface area contributed by atoms with Crippen molar-refractivity contribution in [3.63, 3.8) is 0 Å². The van der Waals surface area contributed by atoms with Gasteiger partial charge in [0.25, 0.3) is 0 Å². The second-order valence-electron chi connectivity index (χ2n) is 6.63. The summed E-state index contributed by atoms with van der Waals surface area (Å²) in [6.45, 7) is 19.3. The first kappa shape index (κ1) is 40.2. The molecule has 0 atom stereocenters. The third-order valence-corrected chi connectivity index (χ3v) is 2.80. The third kappa shape index (κ3) is 39.8. The van der Waals surface area contributed by atoms with Gasteiger partial charge in [-0.05, 0) is 39.8 Å². The average molecular weight is 522 g/mol. The molecule has 0 rings (SSSR count). The van der Waals surface area contributed by atoms with Gasteiger partial charge in [0.2, 0.25) is 11.8 Å². The number of hydrogen-bond donors (Lipinski definition) is 0. The Morgan fingerprint density at radius 2 is 0.839 bits per heavy atom. The largest absolute Gasteiger partial charge is 4.00 e. The molecule has 0 saturated carbocycles. The first-order valence-electron chi connectivity index (χ1n) is 10.3. The molecule has 0 aliphatic carbocycles. The van der Waals surface area contributed by atoms with E-state index in [0.29, 0.717) is 26.2 Å². The molecule has 0 aromatic heterocycles. The minimum absolute atomic E-state index is 0. The molecule has 0 aromatic carbocycles. The monoisotopic (exact) mass is 520 g/mol. The summed E-state index contributed by atoms with van der Waals surface area (Å²) in [6.07, 6.45) is 1.40. The molecule has 180 valence electrons. The number of hydrogen-bond acceptors (Lipinski definition) is 6. The van der Waals surface area contributed by atoms with Crippen molar-refractivity contribution in [2.45, 2.75) is 81.4 Å². The van der Waals surface area contributed by atoms with E-state index in [1.54, 1.807) is 37.5 Å². The Bertz CT molecular complexity index is 429. The Balaban J connectivity index is -0.000000106. The number of rotatable bonds is 6. The molecule has 31 heavy (non-hydrogen) atoms. The van der Waals surface area contributed by atoms with Crippen molar-refractivity contribution >= 4 is 11.8 Å². The molecule has 0 saturated heterocycles. The van der Waals surface area contributed by atoms with E-state index < -0.39 is 12.2 Å². The first-order chi connectivity index (χ1) is 13.7. The summed E-state index contributed by atoms with van der Waals surface area (Å²) in [7, 11) is 0. The Morgan fingerprint density at radius 3 is 0.935 bits per heavy atom. The summed E-state index contributed by atoms with van der Waals surface area (Å²) < 4.78 is 0. The van der Waals surface area contributed by atoms with Gasteiger partial charge in [0, 0.05) is 26.2 Å². The van der Waals surface area contributed by atoms with Crippen molar-refractivity contribution < 1.29 is 56.2 Å². The van der Waals surface area contributed by atoms with E-state index in [-0.39, 0.29) is 49.5 Å². The van der Waals surface area contributed by atoms with Crippen LogP contribution in [0.4, 0.5) is 0 Å². The number of nitrogens with zero attached hydrogens (tertiary/aromatic N) is 2. The van der Waals surface area contributed by atoms with Crippen LogP contribution in [-0.2, 0) is 35.8 Å². The molecular weight excluding hydrogens is 479 g/mol. The van der Waals surface area contributed by atoms with Gasteiger partial charge in [-0.15, -0.1) is 23.7 Å². The molecular formula is C22H42N2O6Zr. The van der Waals surface area contributed by atoms with Crippen LogP contribution in [0.2, 0.25) is 0 Å². The van der Waals surface area contributed by atoms with Crippen molar-refractivity contribution in [1.82, 2.24) is 9.80 Å². The smallest absolute Gasteiger partial charge is 0.875 e. The summed E-state index contributed by atoms with van der Waals surface area (Å²) >= 11 is 0. The van der Waals surface area contributed by atoms with Gasteiger partial charge >= 0.3 is 26.2 Å². The summed E-state index contributed by atoms with van der Waals surface area (Å²) in [6, 6.07) is 0. The Hall–Kier alpha value is -1.18. The summed E-state index contributed by atoms with van der Waals surface area (Å²) in [5.41, 5.74) is 0. The molecule has 0 aliphatic heterocycles. The molecule has 0 bridgehead atoms. The molecule has 0 heterocycles. The maximum absolute atomic E-state index is 11.1. The van der Waals surface area contributed by atoms with Crippen LogP contribution in [0.3, 0.4) is 0 Å². The minimum Gasteiger partial charge on any atom is -0.875 e. The van der Waals surface area contributed by atoms with E-state index in [1.807, 2.05) is 27.7 Å². The van der Waals surface area contributed by atoms with E-state index in [2.05, 4.69) is 0 Å². The molecule has 9 heteroatoms. The van der Waals surface area contributed by atoms with Crippen LogP contribution < -0.4 is 20.4 Å². The average Bonchev–Trinajstić information content (AvgIpc) is 2.55. The van der Waals surface area contributed by atoms with Crippen LogP contribution in [0.1, 0.15) is 69.2 Å². The van der Waals surface area contributed by atoms with Crippen LogP contribution in [0.25, 0.3) is 0 Å². The summed E-state index contributed by atoms with van der Waals surface area (Å²) in [4.78, 5) is 25.3. The fourth-order valence-electron chi connectivity index (χ4n) is 1.60. The van der Waals surface area contributed by atoms with Crippen molar-refractivity contribution in [3.8, 4) is 0 Å².